The molecular weight excluding hydrogens is 186 g/mol. The van der Waals surface area contributed by atoms with E-state index in [4.69, 9.17) is 10.5 Å². The molecule has 2 unspecified atom stereocenters. The third kappa shape index (κ3) is 2.15. The molecule has 2 rings (SSSR count). The summed E-state index contributed by atoms with van der Waals surface area (Å²) in [6.45, 7) is 4.27. The number of aryl methyl sites for hydroxylation is 1. The van der Waals surface area contributed by atoms with Gasteiger partial charge in [-0.15, -0.1) is 0 Å². The van der Waals surface area contributed by atoms with Crippen molar-refractivity contribution in [3.05, 3.63) is 29.3 Å². The number of ether oxygens (including phenoxy) is 1. The van der Waals surface area contributed by atoms with E-state index in [-0.39, 0.29) is 6.04 Å². The van der Waals surface area contributed by atoms with Crippen molar-refractivity contribution < 1.29 is 4.74 Å². The molecule has 0 aliphatic carbocycles. The summed E-state index contributed by atoms with van der Waals surface area (Å²) in [4.78, 5) is 0. The molecular formula is C13H19NO. The van der Waals surface area contributed by atoms with Gasteiger partial charge in [0.2, 0.25) is 0 Å². The van der Waals surface area contributed by atoms with Gasteiger partial charge in [-0.25, -0.2) is 0 Å². The summed E-state index contributed by atoms with van der Waals surface area (Å²) in [6, 6.07) is 6.42. The monoisotopic (exact) mass is 205 g/mol. The van der Waals surface area contributed by atoms with Crippen LogP contribution in [0.4, 0.5) is 0 Å². The molecule has 82 valence electrons. The lowest BCUT2D eigenvalue weighted by atomic mass is 9.94. The fraction of sp³-hybridized carbons (Fsp3) is 0.538. The SMILES string of the molecule is CCCC1CC(N)c2cc(C)ccc2O1. The third-order valence-corrected chi connectivity index (χ3v) is 2.99. The fourth-order valence-electron chi connectivity index (χ4n) is 2.20. The molecule has 0 bridgehead atoms. The summed E-state index contributed by atoms with van der Waals surface area (Å²) in [6.07, 6.45) is 3.50. The molecule has 0 radical (unpaired) electrons. The highest BCUT2D eigenvalue weighted by atomic mass is 16.5. The zero-order valence-electron chi connectivity index (χ0n) is 9.49. The van der Waals surface area contributed by atoms with E-state index in [0.29, 0.717) is 6.10 Å². The van der Waals surface area contributed by atoms with Crippen LogP contribution in [0.3, 0.4) is 0 Å². The maximum atomic E-state index is 6.16. The Kier molecular flexibility index (Phi) is 2.96. The number of hydrogen-bond donors (Lipinski definition) is 1. The van der Waals surface area contributed by atoms with Gasteiger partial charge < -0.3 is 10.5 Å². The molecule has 1 aliphatic rings. The van der Waals surface area contributed by atoms with Gasteiger partial charge in [0.25, 0.3) is 0 Å². The Balaban J connectivity index is 2.24. The van der Waals surface area contributed by atoms with E-state index >= 15 is 0 Å². The van der Waals surface area contributed by atoms with Gasteiger partial charge >= 0.3 is 0 Å². The van der Waals surface area contributed by atoms with Crippen molar-refractivity contribution in [2.45, 2.75) is 45.3 Å². The molecule has 1 aromatic rings. The predicted molar refractivity (Wildman–Crippen MR) is 62.0 cm³/mol. The molecule has 1 aromatic carbocycles. The minimum atomic E-state index is 0.144. The predicted octanol–water partition coefficient (Wildman–Crippen LogP) is 2.95. The summed E-state index contributed by atoms with van der Waals surface area (Å²) in [5.41, 5.74) is 8.58. The molecule has 0 saturated carbocycles. The molecule has 0 amide bonds. The molecule has 2 heteroatoms. The van der Waals surface area contributed by atoms with Crippen molar-refractivity contribution in [1.82, 2.24) is 0 Å². The minimum absolute atomic E-state index is 0.144. The number of benzene rings is 1. The van der Waals surface area contributed by atoms with Crippen LogP contribution in [0.5, 0.6) is 5.75 Å². The highest BCUT2D eigenvalue weighted by Gasteiger charge is 2.24. The van der Waals surface area contributed by atoms with E-state index in [2.05, 4.69) is 26.0 Å². The number of hydrogen-bond acceptors (Lipinski definition) is 2. The van der Waals surface area contributed by atoms with Crippen LogP contribution in [0.25, 0.3) is 0 Å². The lowest BCUT2D eigenvalue weighted by molar-refractivity contribution is 0.149. The molecule has 2 atom stereocenters. The molecule has 0 saturated heterocycles. The topological polar surface area (TPSA) is 35.2 Å². The molecule has 0 fully saturated rings. The number of fused-ring (bicyclic) bond motifs is 1. The van der Waals surface area contributed by atoms with Gasteiger partial charge in [0.15, 0.2) is 0 Å². The van der Waals surface area contributed by atoms with Gasteiger partial charge in [0, 0.05) is 18.0 Å². The average Bonchev–Trinajstić information content (AvgIpc) is 2.20. The van der Waals surface area contributed by atoms with Crippen LogP contribution in [0.15, 0.2) is 18.2 Å². The lowest BCUT2D eigenvalue weighted by Crippen LogP contribution is -2.29. The van der Waals surface area contributed by atoms with E-state index in [1.54, 1.807) is 0 Å². The van der Waals surface area contributed by atoms with Crippen LogP contribution in [0, 0.1) is 6.92 Å². The molecule has 2 N–H and O–H groups in total. The highest BCUT2D eigenvalue weighted by molar-refractivity contribution is 5.40. The molecule has 0 spiro atoms. The molecule has 0 aromatic heterocycles. The van der Waals surface area contributed by atoms with Crippen LogP contribution in [-0.4, -0.2) is 6.10 Å². The van der Waals surface area contributed by atoms with Crippen LogP contribution < -0.4 is 10.5 Å². The summed E-state index contributed by atoms with van der Waals surface area (Å²) < 4.78 is 5.92. The quantitative estimate of drug-likeness (QED) is 0.805. The Labute approximate surface area is 91.4 Å². The fourth-order valence-corrected chi connectivity index (χ4v) is 2.20. The van der Waals surface area contributed by atoms with E-state index in [1.165, 1.54) is 11.1 Å². The van der Waals surface area contributed by atoms with Crippen molar-refractivity contribution in [2.75, 3.05) is 0 Å². The summed E-state index contributed by atoms with van der Waals surface area (Å²) >= 11 is 0. The van der Waals surface area contributed by atoms with E-state index < -0.39 is 0 Å². The zero-order valence-corrected chi connectivity index (χ0v) is 9.49. The first-order chi connectivity index (χ1) is 7.20. The molecule has 15 heavy (non-hydrogen) atoms. The van der Waals surface area contributed by atoms with Gasteiger partial charge in [-0.1, -0.05) is 31.0 Å². The summed E-state index contributed by atoms with van der Waals surface area (Å²) in [5.74, 6) is 0.984. The first-order valence-corrected chi connectivity index (χ1v) is 5.73. The maximum absolute atomic E-state index is 6.16. The molecule has 1 aliphatic heterocycles. The maximum Gasteiger partial charge on any atom is 0.124 e. The van der Waals surface area contributed by atoms with E-state index in [0.717, 1.165) is 25.0 Å². The Morgan fingerprint density at radius 2 is 2.27 bits per heavy atom. The Morgan fingerprint density at radius 3 is 3.00 bits per heavy atom. The summed E-state index contributed by atoms with van der Waals surface area (Å²) in [5, 5.41) is 0. The first kappa shape index (κ1) is 10.5. The third-order valence-electron chi connectivity index (χ3n) is 2.99. The van der Waals surface area contributed by atoms with Crippen molar-refractivity contribution in [3.8, 4) is 5.75 Å². The van der Waals surface area contributed by atoms with Gasteiger partial charge in [0.05, 0.1) is 0 Å². The smallest absolute Gasteiger partial charge is 0.124 e. The van der Waals surface area contributed by atoms with Crippen molar-refractivity contribution in [2.24, 2.45) is 5.73 Å². The van der Waals surface area contributed by atoms with Crippen LogP contribution in [0.2, 0.25) is 0 Å². The first-order valence-electron chi connectivity index (χ1n) is 5.73. The average molecular weight is 205 g/mol. The van der Waals surface area contributed by atoms with Gasteiger partial charge in [-0.2, -0.15) is 0 Å². The molecule has 1 heterocycles. The van der Waals surface area contributed by atoms with Gasteiger partial charge in [-0.05, 0) is 19.4 Å². The van der Waals surface area contributed by atoms with Crippen molar-refractivity contribution >= 4 is 0 Å². The number of nitrogens with two attached hydrogens (primary N) is 1. The Hall–Kier alpha value is -1.02. The van der Waals surface area contributed by atoms with Gasteiger partial charge in [0.1, 0.15) is 11.9 Å². The normalized spacial score (nSPS) is 24.5. The number of rotatable bonds is 2. The molecule has 2 nitrogen and oxygen atoms in total. The van der Waals surface area contributed by atoms with Crippen molar-refractivity contribution in [3.63, 3.8) is 0 Å². The van der Waals surface area contributed by atoms with Crippen LogP contribution >= 0.6 is 0 Å². The van der Waals surface area contributed by atoms with Crippen LogP contribution in [-0.2, 0) is 0 Å². The summed E-state index contributed by atoms with van der Waals surface area (Å²) in [7, 11) is 0. The largest absolute Gasteiger partial charge is 0.490 e. The highest BCUT2D eigenvalue weighted by Crippen LogP contribution is 2.35. The van der Waals surface area contributed by atoms with Crippen LogP contribution in [0.1, 0.15) is 43.4 Å². The van der Waals surface area contributed by atoms with Crippen molar-refractivity contribution in [1.29, 1.82) is 0 Å². The Morgan fingerprint density at radius 1 is 1.47 bits per heavy atom. The van der Waals surface area contributed by atoms with E-state index in [9.17, 15) is 0 Å². The second kappa shape index (κ2) is 4.23. The standard InChI is InChI=1S/C13H19NO/c1-3-4-10-8-12(14)11-7-9(2)5-6-13(11)15-10/h5-7,10,12H,3-4,8,14H2,1-2H3. The second-order valence-electron chi connectivity index (χ2n) is 4.41. The Bertz CT molecular complexity index is 348. The lowest BCUT2D eigenvalue weighted by Gasteiger charge is -2.30. The zero-order chi connectivity index (χ0) is 10.8. The second-order valence-corrected chi connectivity index (χ2v) is 4.41. The van der Waals surface area contributed by atoms with E-state index in [1.807, 2.05) is 6.07 Å². The minimum Gasteiger partial charge on any atom is -0.490 e. The van der Waals surface area contributed by atoms with Gasteiger partial charge in [-0.3, -0.25) is 0 Å².